The minimum absolute atomic E-state index is 0.0660. The topological polar surface area (TPSA) is 95.0 Å². The van der Waals surface area contributed by atoms with Crippen LogP contribution in [-0.2, 0) is 12.8 Å². The smallest absolute Gasteiger partial charge is 0.272 e. The lowest BCUT2D eigenvalue weighted by molar-refractivity contribution is 0.101. The van der Waals surface area contributed by atoms with E-state index in [-0.39, 0.29) is 11.3 Å². The fourth-order valence-electron chi connectivity index (χ4n) is 3.07. The van der Waals surface area contributed by atoms with E-state index < -0.39 is 0 Å². The molecular weight excluding hydrogens is 384 g/mol. The van der Waals surface area contributed by atoms with Gasteiger partial charge in [0.15, 0.2) is 5.78 Å². The minimum Gasteiger partial charge on any atom is -0.294 e. The van der Waals surface area contributed by atoms with Crippen molar-refractivity contribution in [2.24, 2.45) is 7.05 Å². The monoisotopic (exact) mass is 400 g/mol. The first kappa shape index (κ1) is 17.8. The Morgan fingerprint density at radius 1 is 1.26 bits per heavy atom. The number of ketones is 1. The number of hydrogen-bond acceptors (Lipinski definition) is 8. The number of thioether (sulfide) groups is 1. The largest absolute Gasteiger partial charge is 0.294 e. The predicted octanol–water partition coefficient (Wildman–Crippen LogP) is 2.54. The van der Waals surface area contributed by atoms with Crippen molar-refractivity contribution in [1.29, 1.82) is 0 Å². The second-order valence-electron chi connectivity index (χ2n) is 6.13. The Bertz CT molecular complexity index is 1270. The lowest BCUT2D eigenvalue weighted by atomic mass is 10.2. The van der Waals surface area contributed by atoms with Crippen molar-refractivity contribution < 1.29 is 4.79 Å². The Labute approximate surface area is 162 Å². The molecule has 0 aliphatic carbocycles. The number of fused-ring (bicyclic) bond motifs is 3. The van der Waals surface area contributed by atoms with Crippen LogP contribution in [0.1, 0.15) is 34.6 Å². The third kappa shape index (κ3) is 2.85. The maximum atomic E-state index is 12.4. The molecule has 4 aromatic rings. The zero-order valence-corrected chi connectivity index (χ0v) is 16.8. The minimum atomic E-state index is -0.0833. The van der Waals surface area contributed by atoms with Crippen LogP contribution in [0.3, 0.4) is 0 Å². The molecule has 0 unspecified atom stereocenters. The summed E-state index contributed by atoms with van der Waals surface area (Å²) in [5.74, 6) is 2.19. The van der Waals surface area contributed by atoms with E-state index in [1.165, 1.54) is 34.6 Å². The van der Waals surface area contributed by atoms with E-state index >= 15 is 0 Å². The molecule has 0 spiro atoms. The van der Waals surface area contributed by atoms with E-state index in [2.05, 4.69) is 20.2 Å². The fourth-order valence-corrected chi connectivity index (χ4v) is 5.01. The van der Waals surface area contributed by atoms with Crippen LogP contribution in [0.15, 0.2) is 21.3 Å². The zero-order valence-electron chi connectivity index (χ0n) is 15.2. The predicted molar refractivity (Wildman–Crippen MR) is 105 cm³/mol. The van der Waals surface area contributed by atoms with Gasteiger partial charge in [0.2, 0.25) is 5.78 Å². The van der Waals surface area contributed by atoms with Crippen molar-refractivity contribution in [3.8, 4) is 0 Å². The van der Waals surface area contributed by atoms with Crippen LogP contribution in [0, 0.1) is 13.8 Å². The average Bonchev–Trinajstić information content (AvgIpc) is 3.23. The summed E-state index contributed by atoms with van der Waals surface area (Å²) in [7, 11) is 1.69. The highest BCUT2D eigenvalue weighted by molar-refractivity contribution is 7.98. The molecule has 0 fully saturated rings. The van der Waals surface area contributed by atoms with Gasteiger partial charge in [0.05, 0.1) is 22.5 Å². The van der Waals surface area contributed by atoms with Gasteiger partial charge in [0.1, 0.15) is 21.4 Å². The van der Waals surface area contributed by atoms with Gasteiger partial charge in [-0.2, -0.15) is 0 Å². The van der Waals surface area contributed by atoms with Crippen LogP contribution in [0.4, 0.5) is 0 Å². The van der Waals surface area contributed by atoms with Gasteiger partial charge in [-0.15, -0.1) is 21.5 Å². The number of carbonyl (C=O) groups is 1. The third-order valence-corrected chi connectivity index (χ3v) is 6.12. The maximum Gasteiger partial charge on any atom is 0.272 e. The summed E-state index contributed by atoms with van der Waals surface area (Å²) in [4.78, 5) is 33.2. The van der Waals surface area contributed by atoms with E-state index in [4.69, 9.17) is 0 Å². The molecule has 0 aliphatic rings. The van der Waals surface area contributed by atoms with Crippen molar-refractivity contribution >= 4 is 44.9 Å². The first-order valence-corrected chi connectivity index (χ1v) is 10.0. The number of aryl methyl sites for hydroxylation is 3. The number of aromatic nitrogens is 6. The standard InChI is InChI=1S/C17H16N6O2S2/c1-8-13(9(2)24)15(19-10(3)18-8)27-7-12-20-21-17-22(4)16(25)14-11(23(12)17)5-6-26-14/h5-6H,7H2,1-4H3. The molecule has 0 aromatic carbocycles. The molecule has 0 aliphatic heterocycles. The molecule has 27 heavy (non-hydrogen) atoms. The van der Waals surface area contributed by atoms with Crippen LogP contribution in [0.2, 0.25) is 0 Å². The van der Waals surface area contributed by atoms with Crippen LogP contribution in [0.5, 0.6) is 0 Å². The highest BCUT2D eigenvalue weighted by Crippen LogP contribution is 2.27. The van der Waals surface area contributed by atoms with Gasteiger partial charge in [-0.3, -0.25) is 18.6 Å². The lowest BCUT2D eigenvalue weighted by Gasteiger charge is -2.09. The first-order chi connectivity index (χ1) is 12.9. The number of carbonyl (C=O) groups excluding carboxylic acids is 1. The molecule has 0 amide bonds. The second kappa shape index (κ2) is 6.54. The molecule has 8 nitrogen and oxygen atoms in total. The molecule has 0 N–H and O–H groups in total. The molecular formula is C17H16N6O2S2. The molecule has 10 heteroatoms. The lowest BCUT2D eigenvalue weighted by Crippen LogP contribution is -2.19. The summed E-state index contributed by atoms with van der Waals surface area (Å²) >= 11 is 2.82. The summed E-state index contributed by atoms with van der Waals surface area (Å²) in [6.07, 6.45) is 0. The van der Waals surface area contributed by atoms with E-state index in [9.17, 15) is 9.59 Å². The normalized spacial score (nSPS) is 11.6. The number of rotatable bonds is 4. The van der Waals surface area contributed by atoms with E-state index in [0.29, 0.717) is 44.2 Å². The molecule has 0 bridgehead atoms. The Morgan fingerprint density at radius 2 is 2.04 bits per heavy atom. The summed E-state index contributed by atoms with van der Waals surface area (Å²) in [6, 6.07) is 1.89. The Kier molecular flexibility index (Phi) is 4.31. The number of hydrogen-bond donors (Lipinski definition) is 0. The third-order valence-electron chi connectivity index (χ3n) is 4.26. The van der Waals surface area contributed by atoms with Crippen molar-refractivity contribution in [1.82, 2.24) is 29.1 Å². The van der Waals surface area contributed by atoms with Crippen LogP contribution in [0.25, 0.3) is 16.0 Å². The van der Waals surface area contributed by atoms with Gasteiger partial charge in [-0.25, -0.2) is 9.97 Å². The van der Waals surface area contributed by atoms with E-state index in [1.807, 2.05) is 22.8 Å². The summed E-state index contributed by atoms with van der Waals surface area (Å²) in [5, 5.41) is 11.0. The second-order valence-corrected chi connectivity index (χ2v) is 8.01. The molecule has 4 heterocycles. The summed E-state index contributed by atoms with van der Waals surface area (Å²) in [6.45, 7) is 5.13. The molecule has 0 saturated heterocycles. The average molecular weight is 400 g/mol. The molecule has 0 saturated carbocycles. The van der Waals surface area contributed by atoms with Gasteiger partial charge in [0.25, 0.3) is 5.56 Å². The molecule has 138 valence electrons. The molecule has 0 radical (unpaired) electrons. The van der Waals surface area contributed by atoms with Crippen molar-refractivity contribution in [2.75, 3.05) is 0 Å². The van der Waals surface area contributed by atoms with Crippen molar-refractivity contribution in [2.45, 2.75) is 31.6 Å². The highest BCUT2D eigenvalue weighted by atomic mass is 32.2. The first-order valence-electron chi connectivity index (χ1n) is 8.17. The van der Waals surface area contributed by atoms with Gasteiger partial charge in [-0.05, 0) is 32.2 Å². The molecule has 0 atom stereocenters. The van der Waals surface area contributed by atoms with Gasteiger partial charge >= 0.3 is 0 Å². The SMILES string of the molecule is CC(=O)c1c(C)nc(C)nc1SCc1nnc2n(C)c(=O)c3sccc3n12. The maximum absolute atomic E-state index is 12.4. The van der Waals surface area contributed by atoms with Crippen LogP contribution in [-0.4, -0.2) is 34.9 Å². The molecule has 4 rings (SSSR count). The zero-order chi connectivity index (χ0) is 19.3. The van der Waals surface area contributed by atoms with E-state index in [1.54, 1.807) is 14.0 Å². The van der Waals surface area contributed by atoms with Gasteiger partial charge < -0.3 is 0 Å². The van der Waals surface area contributed by atoms with Crippen molar-refractivity contribution in [3.05, 3.63) is 44.7 Å². The summed E-state index contributed by atoms with van der Waals surface area (Å²) < 4.78 is 4.04. The van der Waals surface area contributed by atoms with Gasteiger partial charge in [0, 0.05) is 7.05 Å². The Morgan fingerprint density at radius 3 is 2.78 bits per heavy atom. The number of Topliss-reactive ketones (excluding diaryl/α,β-unsaturated/α-hetero) is 1. The van der Waals surface area contributed by atoms with Crippen LogP contribution < -0.4 is 5.56 Å². The number of nitrogens with zero attached hydrogens (tertiary/aromatic N) is 6. The fraction of sp³-hybridized carbons (Fsp3) is 0.294. The number of thiophene rings is 1. The Balaban J connectivity index is 1.81. The van der Waals surface area contributed by atoms with Crippen LogP contribution >= 0.6 is 23.1 Å². The van der Waals surface area contributed by atoms with Gasteiger partial charge in [-0.1, -0.05) is 11.8 Å². The Hall–Kier alpha value is -2.59. The summed E-state index contributed by atoms with van der Waals surface area (Å²) in [5.41, 5.74) is 1.92. The quantitative estimate of drug-likeness (QED) is 0.295. The highest BCUT2D eigenvalue weighted by Gasteiger charge is 2.19. The molecule has 4 aromatic heterocycles. The van der Waals surface area contributed by atoms with E-state index in [0.717, 1.165) is 5.52 Å². The van der Waals surface area contributed by atoms with Crippen molar-refractivity contribution in [3.63, 3.8) is 0 Å².